The van der Waals surface area contributed by atoms with Crippen LogP contribution in [0.2, 0.25) is 0 Å². The van der Waals surface area contributed by atoms with E-state index in [1.807, 2.05) is 6.07 Å². The van der Waals surface area contributed by atoms with Gasteiger partial charge in [-0.3, -0.25) is 14.5 Å². The van der Waals surface area contributed by atoms with Crippen LogP contribution >= 0.6 is 0 Å². The molecule has 2 aliphatic rings. The van der Waals surface area contributed by atoms with E-state index in [0.29, 0.717) is 37.3 Å². The van der Waals surface area contributed by atoms with Crippen molar-refractivity contribution in [2.24, 2.45) is 11.8 Å². The number of carbonyl (C=O) groups excluding carboxylic acids is 2. The summed E-state index contributed by atoms with van der Waals surface area (Å²) in [4.78, 5) is 36.7. The maximum Gasteiger partial charge on any atom is 0.321 e. The van der Waals surface area contributed by atoms with Gasteiger partial charge in [0, 0.05) is 24.5 Å². The normalized spacial score (nSPS) is 23.7. The van der Waals surface area contributed by atoms with Crippen molar-refractivity contribution in [2.45, 2.75) is 19.3 Å². The summed E-state index contributed by atoms with van der Waals surface area (Å²) in [5.41, 5.74) is 1.28. The van der Waals surface area contributed by atoms with Crippen molar-refractivity contribution in [2.75, 3.05) is 23.3 Å². The number of urea groups is 1. The lowest BCUT2D eigenvalue weighted by Gasteiger charge is -2.32. The molecule has 7 heteroatoms. The summed E-state index contributed by atoms with van der Waals surface area (Å²) < 4.78 is 0. The van der Waals surface area contributed by atoms with Gasteiger partial charge in [-0.2, -0.15) is 0 Å². The average Bonchev–Trinajstić information content (AvgIpc) is 2.46. The van der Waals surface area contributed by atoms with Gasteiger partial charge in [-0.05, 0) is 37.5 Å². The molecule has 0 bridgehead atoms. The lowest BCUT2D eigenvalue weighted by atomic mass is 9.73. The largest absolute Gasteiger partial charge is 0.481 e. The van der Waals surface area contributed by atoms with Crippen LogP contribution in [-0.2, 0) is 9.59 Å². The summed E-state index contributed by atoms with van der Waals surface area (Å²) in [6, 6.07) is 6.89. The van der Waals surface area contributed by atoms with Crippen molar-refractivity contribution in [3.8, 4) is 0 Å². The maximum absolute atomic E-state index is 12.2. The number of anilines is 2. The van der Waals surface area contributed by atoms with Crippen LogP contribution < -0.4 is 15.5 Å². The SMILES string of the molecule is O=C(O)C1CCC1C(=O)Nc1cccc(N2CCCNC2=O)c1. The predicted octanol–water partition coefficient (Wildman–Crippen LogP) is 1.66. The second-order valence-electron chi connectivity index (χ2n) is 5.91. The molecular formula is C16H19N3O4. The fraction of sp³-hybridized carbons (Fsp3) is 0.438. The monoisotopic (exact) mass is 317 g/mol. The molecule has 1 saturated heterocycles. The zero-order valence-electron chi connectivity index (χ0n) is 12.6. The maximum atomic E-state index is 12.2. The van der Waals surface area contributed by atoms with E-state index < -0.39 is 17.8 Å². The lowest BCUT2D eigenvalue weighted by Crippen LogP contribution is -2.46. The Morgan fingerprint density at radius 1 is 1.26 bits per heavy atom. The van der Waals surface area contributed by atoms with Gasteiger partial charge in [-0.1, -0.05) is 6.07 Å². The number of carboxylic acids is 1. The van der Waals surface area contributed by atoms with Crippen molar-refractivity contribution in [3.05, 3.63) is 24.3 Å². The van der Waals surface area contributed by atoms with Gasteiger partial charge in [0.15, 0.2) is 0 Å². The third kappa shape index (κ3) is 3.13. The molecule has 0 spiro atoms. The van der Waals surface area contributed by atoms with Gasteiger partial charge >= 0.3 is 12.0 Å². The van der Waals surface area contributed by atoms with Gasteiger partial charge < -0.3 is 15.7 Å². The van der Waals surface area contributed by atoms with E-state index >= 15 is 0 Å². The number of amides is 3. The van der Waals surface area contributed by atoms with E-state index in [2.05, 4.69) is 10.6 Å². The Bertz CT molecular complexity index is 646. The number of hydrogen-bond donors (Lipinski definition) is 3. The summed E-state index contributed by atoms with van der Waals surface area (Å²) in [5, 5.41) is 14.6. The van der Waals surface area contributed by atoms with E-state index in [1.54, 1.807) is 23.1 Å². The Hall–Kier alpha value is -2.57. The Morgan fingerprint density at radius 2 is 2.04 bits per heavy atom. The van der Waals surface area contributed by atoms with E-state index in [-0.39, 0.29) is 11.9 Å². The number of carbonyl (C=O) groups is 3. The van der Waals surface area contributed by atoms with E-state index in [9.17, 15) is 14.4 Å². The molecule has 23 heavy (non-hydrogen) atoms. The molecule has 7 nitrogen and oxygen atoms in total. The van der Waals surface area contributed by atoms with Crippen molar-refractivity contribution in [3.63, 3.8) is 0 Å². The molecule has 1 aromatic carbocycles. The van der Waals surface area contributed by atoms with Crippen LogP contribution in [0.5, 0.6) is 0 Å². The summed E-state index contributed by atoms with van der Waals surface area (Å²) in [5.74, 6) is -2.26. The van der Waals surface area contributed by atoms with Crippen LogP contribution in [0.15, 0.2) is 24.3 Å². The second-order valence-corrected chi connectivity index (χ2v) is 5.91. The number of hydrogen-bond acceptors (Lipinski definition) is 3. The minimum Gasteiger partial charge on any atom is -0.481 e. The van der Waals surface area contributed by atoms with Gasteiger partial charge in [-0.25, -0.2) is 4.79 Å². The van der Waals surface area contributed by atoms with Crippen LogP contribution in [0.25, 0.3) is 0 Å². The number of benzene rings is 1. The highest BCUT2D eigenvalue weighted by Crippen LogP contribution is 2.35. The number of aliphatic carboxylic acids is 1. The Morgan fingerprint density at radius 3 is 2.70 bits per heavy atom. The first-order chi connectivity index (χ1) is 11.1. The average molecular weight is 317 g/mol. The van der Waals surface area contributed by atoms with Gasteiger partial charge in [0.1, 0.15) is 0 Å². The summed E-state index contributed by atoms with van der Waals surface area (Å²) in [6.45, 7) is 1.30. The Labute approximate surface area is 133 Å². The van der Waals surface area contributed by atoms with Crippen LogP contribution in [0.3, 0.4) is 0 Å². The molecule has 1 saturated carbocycles. The molecule has 122 valence electrons. The van der Waals surface area contributed by atoms with Gasteiger partial charge in [-0.15, -0.1) is 0 Å². The van der Waals surface area contributed by atoms with Gasteiger partial charge in [0.25, 0.3) is 0 Å². The highest BCUT2D eigenvalue weighted by Gasteiger charge is 2.41. The molecule has 1 aliphatic carbocycles. The van der Waals surface area contributed by atoms with Crippen LogP contribution in [-0.4, -0.2) is 36.1 Å². The predicted molar refractivity (Wildman–Crippen MR) is 84.3 cm³/mol. The quantitative estimate of drug-likeness (QED) is 0.786. The minimum absolute atomic E-state index is 0.148. The molecule has 2 fully saturated rings. The molecule has 1 heterocycles. The number of nitrogens with zero attached hydrogens (tertiary/aromatic N) is 1. The zero-order chi connectivity index (χ0) is 16.4. The molecular weight excluding hydrogens is 298 g/mol. The third-order valence-electron chi connectivity index (χ3n) is 4.43. The first kappa shape index (κ1) is 15.3. The van der Waals surface area contributed by atoms with Crippen LogP contribution in [0.4, 0.5) is 16.2 Å². The number of carboxylic acid groups (broad SMARTS) is 1. The summed E-state index contributed by atoms with van der Waals surface area (Å²) in [6.07, 6.45) is 2.00. The molecule has 3 N–H and O–H groups in total. The highest BCUT2D eigenvalue weighted by molar-refractivity contribution is 5.97. The van der Waals surface area contributed by atoms with Gasteiger partial charge in [0.2, 0.25) is 5.91 Å². The third-order valence-corrected chi connectivity index (χ3v) is 4.43. The molecule has 3 rings (SSSR count). The first-order valence-electron chi connectivity index (χ1n) is 7.75. The highest BCUT2D eigenvalue weighted by atomic mass is 16.4. The second kappa shape index (κ2) is 6.28. The molecule has 1 aliphatic heterocycles. The fourth-order valence-corrected chi connectivity index (χ4v) is 2.97. The zero-order valence-corrected chi connectivity index (χ0v) is 12.6. The smallest absolute Gasteiger partial charge is 0.321 e. The molecule has 0 aromatic heterocycles. The van der Waals surface area contributed by atoms with Crippen molar-refractivity contribution < 1.29 is 19.5 Å². The number of nitrogens with one attached hydrogen (secondary N) is 2. The fourth-order valence-electron chi connectivity index (χ4n) is 2.97. The Balaban J connectivity index is 1.69. The molecule has 3 amide bonds. The van der Waals surface area contributed by atoms with E-state index in [1.165, 1.54) is 0 Å². The Kier molecular flexibility index (Phi) is 4.18. The lowest BCUT2D eigenvalue weighted by molar-refractivity contribution is -0.151. The van der Waals surface area contributed by atoms with Crippen molar-refractivity contribution >= 4 is 29.3 Å². The molecule has 2 unspecified atom stereocenters. The standard InChI is InChI=1S/C16H19N3O4/c20-14(12-5-6-13(12)15(21)22)18-10-3-1-4-11(9-10)19-8-2-7-17-16(19)23/h1,3-4,9,12-13H,2,5-8H2,(H,17,23)(H,18,20)(H,21,22). The molecule has 0 radical (unpaired) electrons. The van der Waals surface area contributed by atoms with Crippen LogP contribution in [0, 0.1) is 11.8 Å². The van der Waals surface area contributed by atoms with Crippen molar-refractivity contribution in [1.29, 1.82) is 0 Å². The van der Waals surface area contributed by atoms with E-state index in [4.69, 9.17) is 5.11 Å². The summed E-state index contributed by atoms with van der Waals surface area (Å²) >= 11 is 0. The minimum atomic E-state index is -0.921. The first-order valence-corrected chi connectivity index (χ1v) is 7.75. The number of rotatable bonds is 4. The van der Waals surface area contributed by atoms with E-state index in [0.717, 1.165) is 6.42 Å². The summed E-state index contributed by atoms with van der Waals surface area (Å²) in [7, 11) is 0. The topological polar surface area (TPSA) is 98.7 Å². The molecule has 1 aromatic rings. The molecule has 2 atom stereocenters. The van der Waals surface area contributed by atoms with Crippen LogP contribution in [0.1, 0.15) is 19.3 Å². The van der Waals surface area contributed by atoms with Gasteiger partial charge in [0.05, 0.1) is 11.8 Å². The van der Waals surface area contributed by atoms with Crippen molar-refractivity contribution in [1.82, 2.24) is 5.32 Å².